The summed E-state index contributed by atoms with van der Waals surface area (Å²) in [7, 11) is 0. The first-order valence-electron chi connectivity index (χ1n) is 7.24. The lowest BCUT2D eigenvalue weighted by atomic mass is 10.1. The van der Waals surface area contributed by atoms with Crippen molar-refractivity contribution in [1.82, 2.24) is 15.2 Å². The molecule has 10 nitrogen and oxygen atoms in total. The molecule has 1 aliphatic rings. The number of hydrogen-bond donors (Lipinski definition) is 1. The highest BCUT2D eigenvalue weighted by molar-refractivity contribution is 5.88. The van der Waals surface area contributed by atoms with Gasteiger partial charge in [0.15, 0.2) is 17.2 Å². The fourth-order valence-corrected chi connectivity index (χ4v) is 2.17. The van der Waals surface area contributed by atoms with Crippen molar-refractivity contribution in [3.63, 3.8) is 0 Å². The monoisotopic (exact) mass is 385 g/mol. The molecular formula is C14H10F3N5O5. The third-order valence-electron chi connectivity index (χ3n) is 3.35. The molecule has 13 heteroatoms. The Kier molecular flexibility index (Phi) is 4.66. The van der Waals surface area contributed by atoms with E-state index in [2.05, 4.69) is 15.6 Å². The van der Waals surface area contributed by atoms with Gasteiger partial charge in [-0.15, -0.1) is 0 Å². The van der Waals surface area contributed by atoms with Gasteiger partial charge in [-0.3, -0.25) is 19.6 Å². The zero-order chi connectivity index (χ0) is 19.6. The molecule has 2 heterocycles. The minimum absolute atomic E-state index is 0.0444. The SMILES string of the molecule is O=C(Cn1ccc(C(F)(F)F)n1)N/N=C\c1cc2c(cc1[N+](=O)[O-])OCO2. The molecule has 0 fully saturated rings. The summed E-state index contributed by atoms with van der Waals surface area (Å²) in [5.41, 5.74) is 0.650. The molecule has 1 aromatic carbocycles. The number of hydrazone groups is 1. The summed E-state index contributed by atoms with van der Waals surface area (Å²) in [6, 6.07) is 3.21. The fourth-order valence-electron chi connectivity index (χ4n) is 2.17. The molecule has 1 aromatic heterocycles. The van der Waals surface area contributed by atoms with Crippen molar-refractivity contribution >= 4 is 17.8 Å². The molecule has 0 aliphatic carbocycles. The van der Waals surface area contributed by atoms with Gasteiger partial charge in [0.25, 0.3) is 11.6 Å². The molecule has 142 valence electrons. The lowest BCUT2D eigenvalue weighted by Gasteiger charge is -2.03. The van der Waals surface area contributed by atoms with E-state index in [4.69, 9.17) is 9.47 Å². The van der Waals surface area contributed by atoms with E-state index >= 15 is 0 Å². The van der Waals surface area contributed by atoms with Crippen LogP contribution in [-0.4, -0.2) is 33.6 Å². The Morgan fingerprint density at radius 1 is 1.41 bits per heavy atom. The van der Waals surface area contributed by atoms with E-state index in [9.17, 15) is 28.1 Å². The first kappa shape index (κ1) is 18.2. The van der Waals surface area contributed by atoms with Crippen LogP contribution in [0.25, 0.3) is 0 Å². The van der Waals surface area contributed by atoms with Crippen LogP contribution in [0, 0.1) is 10.1 Å². The number of benzene rings is 1. The summed E-state index contributed by atoms with van der Waals surface area (Å²) < 4.78 is 48.3. The van der Waals surface area contributed by atoms with Gasteiger partial charge in [0.05, 0.1) is 22.8 Å². The number of hydrogen-bond acceptors (Lipinski definition) is 7. The van der Waals surface area contributed by atoms with Gasteiger partial charge >= 0.3 is 6.18 Å². The Labute approximate surface area is 148 Å². The van der Waals surface area contributed by atoms with Gasteiger partial charge in [-0.05, 0) is 12.1 Å². The summed E-state index contributed by atoms with van der Waals surface area (Å²) in [6.07, 6.45) is -2.60. The largest absolute Gasteiger partial charge is 0.454 e. The van der Waals surface area contributed by atoms with Gasteiger partial charge in [0.1, 0.15) is 6.54 Å². The topological polar surface area (TPSA) is 121 Å². The smallest absolute Gasteiger partial charge is 0.435 e. The van der Waals surface area contributed by atoms with Crippen molar-refractivity contribution in [2.75, 3.05) is 6.79 Å². The Morgan fingerprint density at radius 2 is 2.11 bits per heavy atom. The van der Waals surface area contributed by atoms with Crippen LogP contribution >= 0.6 is 0 Å². The van der Waals surface area contributed by atoms with E-state index in [1.807, 2.05) is 0 Å². The molecule has 2 aromatic rings. The number of amides is 1. The number of nitrogens with zero attached hydrogens (tertiary/aromatic N) is 4. The molecule has 0 spiro atoms. The Bertz CT molecular complexity index is 924. The summed E-state index contributed by atoms with van der Waals surface area (Å²) >= 11 is 0. The molecule has 0 radical (unpaired) electrons. The molecule has 1 amide bonds. The van der Waals surface area contributed by atoms with E-state index in [-0.39, 0.29) is 29.5 Å². The average Bonchev–Trinajstić information content (AvgIpc) is 3.22. The molecule has 3 rings (SSSR count). The standard InChI is InChI=1S/C14H10F3N5O5/c15-14(16,17)12-1-2-21(20-12)6-13(23)19-18-5-8-3-10-11(27-7-26-10)4-9(8)22(24)25/h1-5H,6-7H2,(H,19,23)/b18-5-. The molecule has 27 heavy (non-hydrogen) atoms. The van der Waals surface area contributed by atoms with Crippen molar-refractivity contribution < 1.29 is 32.4 Å². The number of alkyl halides is 3. The van der Waals surface area contributed by atoms with Crippen molar-refractivity contribution in [3.8, 4) is 11.5 Å². The number of carbonyl (C=O) groups is 1. The minimum atomic E-state index is -4.61. The molecule has 0 saturated heterocycles. The van der Waals surface area contributed by atoms with Gasteiger partial charge in [0.2, 0.25) is 6.79 Å². The van der Waals surface area contributed by atoms with Crippen LogP contribution in [0.3, 0.4) is 0 Å². The summed E-state index contributed by atoms with van der Waals surface area (Å²) in [4.78, 5) is 22.2. The Hall–Kier alpha value is -3.64. The summed E-state index contributed by atoms with van der Waals surface area (Å²) in [6.45, 7) is -0.593. The van der Waals surface area contributed by atoms with Crippen molar-refractivity contribution in [2.45, 2.75) is 12.7 Å². The lowest BCUT2D eigenvalue weighted by molar-refractivity contribution is -0.385. The third-order valence-corrected chi connectivity index (χ3v) is 3.35. The fraction of sp³-hybridized carbons (Fsp3) is 0.214. The number of nitrogens with one attached hydrogen (secondary N) is 1. The molecule has 0 bridgehead atoms. The number of halogens is 3. The zero-order valence-electron chi connectivity index (χ0n) is 13.3. The molecule has 1 N–H and O–H groups in total. The number of rotatable bonds is 5. The van der Waals surface area contributed by atoms with Crippen LogP contribution in [0.15, 0.2) is 29.5 Å². The highest BCUT2D eigenvalue weighted by atomic mass is 19.4. The van der Waals surface area contributed by atoms with Gasteiger partial charge < -0.3 is 9.47 Å². The van der Waals surface area contributed by atoms with E-state index in [0.29, 0.717) is 0 Å². The van der Waals surface area contributed by atoms with Crippen molar-refractivity contribution in [2.24, 2.45) is 5.10 Å². The molecule has 0 saturated carbocycles. The van der Waals surface area contributed by atoms with Crippen LogP contribution in [-0.2, 0) is 17.5 Å². The van der Waals surface area contributed by atoms with Gasteiger partial charge in [-0.2, -0.15) is 23.4 Å². The predicted molar refractivity (Wildman–Crippen MR) is 82.2 cm³/mol. The second-order valence-electron chi connectivity index (χ2n) is 5.21. The van der Waals surface area contributed by atoms with E-state index in [1.54, 1.807) is 0 Å². The maximum absolute atomic E-state index is 12.5. The van der Waals surface area contributed by atoms with E-state index in [1.165, 1.54) is 6.07 Å². The van der Waals surface area contributed by atoms with Crippen LogP contribution < -0.4 is 14.9 Å². The number of nitro benzene ring substituents is 1. The quantitative estimate of drug-likeness (QED) is 0.475. The molecule has 1 aliphatic heterocycles. The number of nitro groups is 1. The number of aromatic nitrogens is 2. The Morgan fingerprint density at radius 3 is 2.74 bits per heavy atom. The van der Waals surface area contributed by atoms with Crippen LogP contribution in [0.1, 0.15) is 11.3 Å². The second-order valence-corrected chi connectivity index (χ2v) is 5.21. The first-order chi connectivity index (χ1) is 12.7. The Balaban J connectivity index is 1.66. The van der Waals surface area contributed by atoms with Crippen molar-refractivity contribution in [3.05, 3.63) is 45.8 Å². The lowest BCUT2D eigenvalue weighted by Crippen LogP contribution is -2.23. The molecule has 0 atom stereocenters. The van der Waals surface area contributed by atoms with Gasteiger partial charge in [0, 0.05) is 6.20 Å². The van der Waals surface area contributed by atoms with E-state index in [0.717, 1.165) is 29.2 Å². The van der Waals surface area contributed by atoms with Gasteiger partial charge in [-0.25, -0.2) is 5.43 Å². The van der Waals surface area contributed by atoms with Crippen LogP contribution in [0.2, 0.25) is 0 Å². The zero-order valence-corrected chi connectivity index (χ0v) is 13.3. The first-order valence-corrected chi connectivity index (χ1v) is 7.24. The van der Waals surface area contributed by atoms with Gasteiger partial charge in [-0.1, -0.05) is 0 Å². The normalized spacial score (nSPS) is 13.1. The summed E-state index contributed by atoms with van der Waals surface area (Å²) in [5, 5.41) is 17.9. The highest BCUT2D eigenvalue weighted by Gasteiger charge is 2.33. The average molecular weight is 385 g/mol. The number of carbonyl (C=O) groups excluding carboxylic acids is 1. The second kappa shape index (κ2) is 6.93. The molecule has 0 unspecified atom stereocenters. The number of ether oxygens (including phenoxy) is 2. The van der Waals surface area contributed by atoms with Crippen LogP contribution in [0.4, 0.5) is 18.9 Å². The maximum atomic E-state index is 12.5. The third kappa shape index (κ3) is 4.13. The summed E-state index contributed by atoms with van der Waals surface area (Å²) in [5.74, 6) is -0.280. The van der Waals surface area contributed by atoms with Crippen molar-refractivity contribution in [1.29, 1.82) is 0 Å². The number of fused-ring (bicyclic) bond motifs is 1. The highest BCUT2D eigenvalue weighted by Crippen LogP contribution is 2.37. The minimum Gasteiger partial charge on any atom is -0.454 e. The van der Waals surface area contributed by atoms with E-state index < -0.39 is 29.2 Å². The predicted octanol–water partition coefficient (Wildman–Crippen LogP) is 1.69. The molecular weight excluding hydrogens is 375 g/mol. The van der Waals surface area contributed by atoms with Crippen LogP contribution in [0.5, 0.6) is 11.5 Å². The maximum Gasteiger partial charge on any atom is 0.435 e.